The summed E-state index contributed by atoms with van der Waals surface area (Å²) in [5.41, 5.74) is 3.80. The third-order valence-electron chi connectivity index (χ3n) is 8.12. The lowest BCUT2D eigenvalue weighted by atomic mass is 9.82. The van der Waals surface area contributed by atoms with Gasteiger partial charge in [-0.3, -0.25) is 0 Å². The molecule has 2 unspecified atom stereocenters. The average molecular weight is 498 g/mol. The van der Waals surface area contributed by atoms with Crippen molar-refractivity contribution in [2.45, 2.75) is 63.9 Å². The fraction of sp³-hybridized carbons (Fsp3) is 0.667. The maximum absolute atomic E-state index is 9.82. The first kappa shape index (κ1) is 27.5. The predicted molar refractivity (Wildman–Crippen MR) is 147 cm³/mol. The van der Waals surface area contributed by atoms with E-state index < -0.39 is 5.79 Å². The lowest BCUT2D eigenvalue weighted by molar-refractivity contribution is -0.223. The number of allylic oxidation sites excluding steroid dienone is 2. The molecule has 3 atom stereocenters. The Morgan fingerprint density at radius 2 is 1.81 bits per heavy atom. The van der Waals surface area contributed by atoms with Crippen LogP contribution < -0.4 is 5.32 Å². The first-order chi connectivity index (χ1) is 17.5. The fourth-order valence-electron chi connectivity index (χ4n) is 5.76. The molecule has 2 saturated heterocycles. The van der Waals surface area contributed by atoms with Crippen LogP contribution in [-0.2, 0) is 9.47 Å². The summed E-state index contributed by atoms with van der Waals surface area (Å²) in [6.07, 6.45) is 11.5. The maximum atomic E-state index is 9.82. The number of piperidine rings is 1. The minimum absolute atomic E-state index is 0.0825. The normalized spacial score (nSPS) is 28.1. The molecule has 6 heteroatoms. The van der Waals surface area contributed by atoms with E-state index in [1.54, 1.807) is 0 Å². The highest BCUT2D eigenvalue weighted by Crippen LogP contribution is 2.40. The lowest BCUT2D eigenvalue weighted by Gasteiger charge is -2.40. The van der Waals surface area contributed by atoms with Crippen molar-refractivity contribution in [1.29, 1.82) is 0 Å². The van der Waals surface area contributed by atoms with Crippen LogP contribution in [0.25, 0.3) is 5.57 Å². The van der Waals surface area contributed by atoms with E-state index in [1.165, 1.54) is 42.6 Å². The topological polar surface area (TPSA) is 57.2 Å². The van der Waals surface area contributed by atoms with Gasteiger partial charge in [0.15, 0.2) is 5.79 Å². The molecular weight excluding hydrogens is 450 g/mol. The van der Waals surface area contributed by atoms with Crippen LogP contribution in [-0.4, -0.2) is 92.4 Å². The summed E-state index contributed by atoms with van der Waals surface area (Å²) in [6.45, 7) is 11.7. The summed E-state index contributed by atoms with van der Waals surface area (Å²) in [4.78, 5) is 4.74. The quantitative estimate of drug-likeness (QED) is 0.338. The second kappa shape index (κ2) is 13.3. The van der Waals surface area contributed by atoms with Crippen LogP contribution in [0, 0.1) is 12.8 Å². The molecule has 6 nitrogen and oxygen atoms in total. The van der Waals surface area contributed by atoms with E-state index in [2.05, 4.69) is 78.5 Å². The third-order valence-corrected chi connectivity index (χ3v) is 8.12. The average Bonchev–Trinajstić information content (AvgIpc) is 3.30. The standard InChI is InChI=1S/C30H47N3O3/c1-24-9-4-5-10-28(24)29-11-6-15-30(25(29)2,36-22-8-17-33-20-14-27(34)23-33)35-21-7-16-31-26-12-18-32(3)19-13-26/h4-6,9-11,15,25-27,31,34H,7-8,12-14,16-23H2,1-3H3/t25?,27-,30?/m1/s1. The lowest BCUT2D eigenvalue weighted by Crippen LogP contribution is -2.44. The van der Waals surface area contributed by atoms with Gasteiger partial charge in [-0.05, 0) is 88.5 Å². The third kappa shape index (κ3) is 7.27. The highest BCUT2D eigenvalue weighted by Gasteiger charge is 2.40. The molecule has 0 amide bonds. The highest BCUT2D eigenvalue weighted by molar-refractivity contribution is 5.73. The van der Waals surface area contributed by atoms with Crippen LogP contribution in [0.4, 0.5) is 0 Å². The van der Waals surface area contributed by atoms with Gasteiger partial charge in [-0.2, -0.15) is 0 Å². The molecule has 0 radical (unpaired) electrons. The zero-order chi connectivity index (χ0) is 25.4. The number of nitrogens with zero attached hydrogens (tertiary/aromatic N) is 2. The van der Waals surface area contributed by atoms with Crippen LogP contribution in [0.3, 0.4) is 0 Å². The number of ether oxygens (including phenoxy) is 2. The Balaban J connectivity index is 1.34. The Morgan fingerprint density at radius 3 is 2.53 bits per heavy atom. The van der Waals surface area contributed by atoms with Crippen LogP contribution in [0.5, 0.6) is 0 Å². The van der Waals surface area contributed by atoms with Gasteiger partial charge in [-0.15, -0.1) is 0 Å². The first-order valence-corrected chi connectivity index (χ1v) is 14.0. The monoisotopic (exact) mass is 497 g/mol. The molecule has 2 N–H and O–H groups in total. The van der Waals surface area contributed by atoms with Gasteiger partial charge in [-0.1, -0.05) is 43.3 Å². The number of aliphatic hydroxyl groups excluding tert-OH is 1. The number of aliphatic hydroxyl groups is 1. The van der Waals surface area contributed by atoms with E-state index in [1.807, 2.05) is 0 Å². The summed E-state index contributed by atoms with van der Waals surface area (Å²) in [6, 6.07) is 9.20. The molecule has 1 aromatic carbocycles. The Labute approximate surface area is 218 Å². The molecule has 0 spiro atoms. The molecule has 2 aliphatic heterocycles. The van der Waals surface area contributed by atoms with Crippen LogP contribution >= 0.6 is 0 Å². The van der Waals surface area contributed by atoms with Crippen molar-refractivity contribution >= 4 is 5.57 Å². The molecule has 2 fully saturated rings. The van der Waals surface area contributed by atoms with Crippen molar-refractivity contribution in [2.75, 3.05) is 59.5 Å². The molecule has 0 saturated carbocycles. The van der Waals surface area contributed by atoms with Gasteiger partial charge < -0.3 is 29.7 Å². The molecule has 0 aromatic heterocycles. The zero-order valence-corrected chi connectivity index (χ0v) is 22.6. The number of likely N-dealkylation sites (tertiary alicyclic amines) is 2. The van der Waals surface area contributed by atoms with Gasteiger partial charge >= 0.3 is 0 Å². The van der Waals surface area contributed by atoms with Crippen molar-refractivity contribution in [3.63, 3.8) is 0 Å². The van der Waals surface area contributed by atoms with Crippen molar-refractivity contribution in [3.8, 4) is 0 Å². The van der Waals surface area contributed by atoms with E-state index in [9.17, 15) is 5.11 Å². The smallest absolute Gasteiger partial charge is 0.194 e. The van der Waals surface area contributed by atoms with Gasteiger partial charge in [-0.25, -0.2) is 0 Å². The minimum atomic E-state index is -0.759. The molecule has 3 aliphatic rings. The number of nitrogens with one attached hydrogen (secondary N) is 1. The molecule has 36 heavy (non-hydrogen) atoms. The minimum Gasteiger partial charge on any atom is -0.392 e. The van der Waals surface area contributed by atoms with Gasteiger partial charge in [0.05, 0.1) is 19.3 Å². The zero-order valence-electron chi connectivity index (χ0n) is 22.6. The predicted octanol–water partition coefficient (Wildman–Crippen LogP) is 3.84. The van der Waals surface area contributed by atoms with Gasteiger partial charge in [0.2, 0.25) is 0 Å². The van der Waals surface area contributed by atoms with Gasteiger partial charge in [0, 0.05) is 31.6 Å². The molecular formula is C30H47N3O3. The summed E-state index contributed by atoms with van der Waals surface area (Å²) < 4.78 is 13.2. The molecule has 1 aliphatic carbocycles. The molecule has 200 valence electrons. The van der Waals surface area contributed by atoms with Crippen LogP contribution in [0.2, 0.25) is 0 Å². The number of benzene rings is 1. The van der Waals surface area contributed by atoms with E-state index >= 15 is 0 Å². The van der Waals surface area contributed by atoms with E-state index in [-0.39, 0.29) is 12.0 Å². The number of hydrogen-bond donors (Lipinski definition) is 2. The molecule has 0 bridgehead atoms. The summed E-state index contributed by atoms with van der Waals surface area (Å²) in [7, 11) is 2.20. The molecule has 2 heterocycles. The van der Waals surface area contributed by atoms with Crippen LogP contribution in [0.1, 0.15) is 50.2 Å². The Kier molecular flexibility index (Phi) is 10.2. The van der Waals surface area contributed by atoms with E-state index in [0.717, 1.165) is 45.4 Å². The van der Waals surface area contributed by atoms with Crippen molar-refractivity contribution < 1.29 is 14.6 Å². The summed E-state index contributed by atoms with van der Waals surface area (Å²) >= 11 is 0. The maximum Gasteiger partial charge on any atom is 0.194 e. The summed E-state index contributed by atoms with van der Waals surface area (Å²) in [5.74, 6) is -0.677. The Morgan fingerprint density at radius 1 is 1.06 bits per heavy atom. The van der Waals surface area contributed by atoms with Crippen molar-refractivity contribution in [2.24, 2.45) is 5.92 Å². The number of aryl methyl sites for hydroxylation is 1. The first-order valence-electron chi connectivity index (χ1n) is 14.0. The fourth-order valence-corrected chi connectivity index (χ4v) is 5.76. The number of β-amino-alcohol motifs (C(OH)–C–C–N with tert-alkyl or cyclic N) is 1. The second-order valence-corrected chi connectivity index (χ2v) is 10.9. The van der Waals surface area contributed by atoms with E-state index in [4.69, 9.17) is 9.47 Å². The van der Waals surface area contributed by atoms with E-state index in [0.29, 0.717) is 19.3 Å². The number of rotatable bonds is 12. The Hall–Kier alpha value is -1.54. The van der Waals surface area contributed by atoms with Crippen LogP contribution in [0.15, 0.2) is 42.5 Å². The van der Waals surface area contributed by atoms with Crippen molar-refractivity contribution in [1.82, 2.24) is 15.1 Å². The second-order valence-electron chi connectivity index (χ2n) is 10.9. The SMILES string of the molecule is Cc1ccccc1C1=CC=CC(OCCCNC2CCN(C)CC2)(OCCCN2CC[C@@H](O)C2)C1C. The number of hydrogen-bond acceptors (Lipinski definition) is 6. The largest absolute Gasteiger partial charge is 0.392 e. The van der Waals surface area contributed by atoms with Gasteiger partial charge in [0.25, 0.3) is 0 Å². The van der Waals surface area contributed by atoms with Crippen molar-refractivity contribution in [3.05, 3.63) is 53.6 Å². The highest BCUT2D eigenvalue weighted by atomic mass is 16.7. The molecule has 1 aromatic rings. The summed E-state index contributed by atoms with van der Waals surface area (Å²) in [5, 5.41) is 13.5. The molecule has 4 rings (SSSR count). The van der Waals surface area contributed by atoms with Gasteiger partial charge in [0.1, 0.15) is 0 Å². The Bertz CT molecular complexity index is 880.